The van der Waals surface area contributed by atoms with E-state index in [4.69, 9.17) is 4.74 Å². The number of unbranched alkanes of at least 4 members (excludes halogenated alkanes) is 56. The van der Waals surface area contributed by atoms with Crippen LogP contribution < -0.4 is 5.32 Å². The summed E-state index contributed by atoms with van der Waals surface area (Å²) >= 11 is 0. The van der Waals surface area contributed by atoms with E-state index in [1.54, 1.807) is 0 Å². The molecule has 0 aromatic carbocycles. The van der Waals surface area contributed by atoms with Gasteiger partial charge in [-0.2, -0.15) is 0 Å². The molecule has 0 heterocycles. The summed E-state index contributed by atoms with van der Waals surface area (Å²) in [6.45, 7) is 4.93. The zero-order chi connectivity index (χ0) is 59.2. The van der Waals surface area contributed by atoms with Crippen molar-refractivity contribution in [2.24, 2.45) is 0 Å². The lowest BCUT2D eigenvalue weighted by atomic mass is 10.0. The van der Waals surface area contributed by atoms with Gasteiger partial charge >= 0.3 is 5.97 Å². The van der Waals surface area contributed by atoms with Crippen molar-refractivity contribution in [3.8, 4) is 0 Å². The van der Waals surface area contributed by atoms with Gasteiger partial charge in [0, 0.05) is 12.8 Å². The van der Waals surface area contributed by atoms with Gasteiger partial charge in [-0.05, 0) is 51.4 Å². The van der Waals surface area contributed by atoms with Crippen LogP contribution in [-0.2, 0) is 14.3 Å². The molecule has 0 aliphatic rings. The van der Waals surface area contributed by atoms with Crippen molar-refractivity contribution in [2.75, 3.05) is 13.2 Å². The summed E-state index contributed by atoms with van der Waals surface area (Å²) in [5.41, 5.74) is 0. The molecule has 0 rings (SSSR count). The smallest absolute Gasteiger partial charge is 0.305 e. The summed E-state index contributed by atoms with van der Waals surface area (Å²) in [5.74, 6) is -0.0205. The molecule has 0 spiro atoms. The maximum atomic E-state index is 12.6. The lowest BCUT2D eigenvalue weighted by molar-refractivity contribution is -0.143. The van der Waals surface area contributed by atoms with E-state index in [0.29, 0.717) is 25.9 Å². The summed E-state index contributed by atoms with van der Waals surface area (Å²) in [6.07, 6.45) is 91.1. The number of carbonyl (C=O) groups is 2. The quantitative estimate of drug-likeness (QED) is 0.0320. The Bertz CT molecular complexity index is 1280. The zero-order valence-electron chi connectivity index (χ0n) is 55.8. The predicted octanol–water partition coefficient (Wildman–Crippen LogP) is 24.5. The van der Waals surface area contributed by atoms with Gasteiger partial charge in [-0.1, -0.05) is 385 Å². The number of esters is 1. The van der Waals surface area contributed by atoms with E-state index in [-0.39, 0.29) is 18.5 Å². The van der Waals surface area contributed by atoms with Crippen molar-refractivity contribution in [1.82, 2.24) is 5.32 Å². The molecular formula is C76H147NO5. The number of carbonyl (C=O) groups excluding carboxylic acids is 2. The fraction of sp³-hybridized carbons (Fsp3) is 0.921. The first-order valence-electron chi connectivity index (χ1n) is 37.6. The third kappa shape index (κ3) is 67.5. The number of amides is 1. The lowest BCUT2D eigenvalue weighted by Crippen LogP contribution is -2.45. The van der Waals surface area contributed by atoms with E-state index in [2.05, 4.69) is 43.5 Å². The molecule has 0 aromatic rings. The van der Waals surface area contributed by atoms with Crippen molar-refractivity contribution in [3.63, 3.8) is 0 Å². The molecule has 0 aliphatic carbocycles. The van der Waals surface area contributed by atoms with Gasteiger partial charge in [0.15, 0.2) is 0 Å². The minimum absolute atomic E-state index is 0.00549. The third-order valence-electron chi connectivity index (χ3n) is 17.7. The van der Waals surface area contributed by atoms with Crippen LogP contribution >= 0.6 is 0 Å². The monoisotopic (exact) mass is 1150 g/mol. The molecule has 0 aromatic heterocycles. The normalized spacial score (nSPS) is 12.6. The highest BCUT2D eigenvalue weighted by Crippen LogP contribution is 2.20. The Morgan fingerprint density at radius 1 is 0.341 bits per heavy atom. The minimum Gasteiger partial charge on any atom is -0.466 e. The second-order valence-corrected chi connectivity index (χ2v) is 26.0. The maximum Gasteiger partial charge on any atom is 0.305 e. The van der Waals surface area contributed by atoms with Crippen LogP contribution in [0.3, 0.4) is 0 Å². The summed E-state index contributed by atoms with van der Waals surface area (Å²) in [7, 11) is 0. The van der Waals surface area contributed by atoms with Crippen molar-refractivity contribution < 1.29 is 24.5 Å². The van der Waals surface area contributed by atoms with E-state index in [0.717, 1.165) is 51.4 Å². The number of hydrogen-bond acceptors (Lipinski definition) is 5. The van der Waals surface area contributed by atoms with Crippen LogP contribution in [0.5, 0.6) is 0 Å². The van der Waals surface area contributed by atoms with Gasteiger partial charge in [-0.15, -0.1) is 0 Å². The summed E-state index contributed by atoms with van der Waals surface area (Å²) < 4.78 is 5.48. The SMILES string of the molecule is CCC/C=C\C/C=C\CCCCCCCC(=O)OCCCCCCCCCCCCCCCCCCCCCCCCCCCCCCCCC(=O)NC(CO)C(O)CCCCCCCCCCCCCCCCCCCCCCCC. The molecule has 0 saturated heterocycles. The molecule has 2 unspecified atom stereocenters. The largest absolute Gasteiger partial charge is 0.466 e. The van der Waals surface area contributed by atoms with Crippen molar-refractivity contribution in [3.05, 3.63) is 24.3 Å². The molecule has 1 amide bonds. The van der Waals surface area contributed by atoms with Crippen molar-refractivity contribution in [2.45, 2.75) is 437 Å². The van der Waals surface area contributed by atoms with Crippen LogP contribution in [0.25, 0.3) is 0 Å². The number of aliphatic hydroxyl groups excluding tert-OH is 2. The van der Waals surface area contributed by atoms with E-state index < -0.39 is 12.1 Å². The molecule has 0 saturated carbocycles. The molecule has 0 bridgehead atoms. The Kier molecular flexibility index (Phi) is 70.4. The first kappa shape index (κ1) is 80.3. The van der Waals surface area contributed by atoms with E-state index in [1.165, 1.54) is 340 Å². The van der Waals surface area contributed by atoms with Gasteiger partial charge in [-0.3, -0.25) is 9.59 Å². The second-order valence-electron chi connectivity index (χ2n) is 26.0. The number of nitrogens with one attached hydrogen (secondary N) is 1. The fourth-order valence-electron chi connectivity index (χ4n) is 12.0. The van der Waals surface area contributed by atoms with Gasteiger partial charge < -0.3 is 20.3 Å². The van der Waals surface area contributed by atoms with Gasteiger partial charge in [-0.25, -0.2) is 0 Å². The van der Waals surface area contributed by atoms with E-state index in [9.17, 15) is 19.8 Å². The molecule has 486 valence electrons. The zero-order valence-corrected chi connectivity index (χ0v) is 55.8. The molecular weight excluding hydrogens is 1010 g/mol. The topological polar surface area (TPSA) is 95.9 Å². The molecule has 0 aliphatic heterocycles. The molecule has 2 atom stereocenters. The first-order chi connectivity index (χ1) is 40.5. The van der Waals surface area contributed by atoms with Gasteiger partial charge in [0.1, 0.15) is 0 Å². The maximum absolute atomic E-state index is 12.6. The van der Waals surface area contributed by atoms with Crippen molar-refractivity contribution >= 4 is 11.9 Å². The van der Waals surface area contributed by atoms with Crippen LogP contribution in [0, 0.1) is 0 Å². The number of rotatable bonds is 71. The average Bonchev–Trinajstić information content (AvgIpc) is 3.48. The Morgan fingerprint density at radius 2 is 0.634 bits per heavy atom. The fourth-order valence-corrected chi connectivity index (χ4v) is 12.0. The molecule has 6 nitrogen and oxygen atoms in total. The Morgan fingerprint density at radius 3 is 0.976 bits per heavy atom. The van der Waals surface area contributed by atoms with Crippen LogP contribution in [-0.4, -0.2) is 47.4 Å². The van der Waals surface area contributed by atoms with Crippen LogP contribution in [0.1, 0.15) is 425 Å². The number of aliphatic hydroxyl groups is 2. The third-order valence-corrected chi connectivity index (χ3v) is 17.7. The Balaban J connectivity index is 3.34. The van der Waals surface area contributed by atoms with Crippen LogP contribution in [0.4, 0.5) is 0 Å². The molecule has 6 heteroatoms. The van der Waals surface area contributed by atoms with Gasteiger partial charge in [0.05, 0.1) is 25.4 Å². The standard InChI is InChI=1S/C76H147NO5/c1-3-5-7-9-11-13-15-17-18-19-20-21-32-35-38-41-45-48-52-56-60-64-68-74(79)73(72-78)77-75(80)69-65-61-57-53-49-46-42-39-36-33-30-28-26-24-22-23-25-27-29-31-34-37-40-43-47-51-55-59-63-67-71-82-76(81)70-66-62-58-54-50-44-16-14-12-10-8-6-4-2/h8,10,14,16,73-74,78-79H,3-7,9,11-13,15,17-72H2,1-2H3,(H,77,80)/b10-8-,16-14-. The first-order valence-corrected chi connectivity index (χ1v) is 37.6. The molecule has 82 heavy (non-hydrogen) atoms. The average molecular weight is 1160 g/mol. The molecule has 3 N–H and O–H groups in total. The Hall–Kier alpha value is -1.66. The highest BCUT2D eigenvalue weighted by Gasteiger charge is 2.20. The van der Waals surface area contributed by atoms with Gasteiger partial charge in [0.25, 0.3) is 0 Å². The summed E-state index contributed by atoms with van der Waals surface area (Å²) in [5, 5.41) is 23.5. The highest BCUT2D eigenvalue weighted by atomic mass is 16.5. The summed E-state index contributed by atoms with van der Waals surface area (Å²) in [4.78, 5) is 24.6. The van der Waals surface area contributed by atoms with Gasteiger partial charge in [0.2, 0.25) is 5.91 Å². The van der Waals surface area contributed by atoms with E-state index >= 15 is 0 Å². The number of hydrogen-bond donors (Lipinski definition) is 3. The van der Waals surface area contributed by atoms with Crippen LogP contribution in [0.15, 0.2) is 24.3 Å². The summed E-state index contributed by atoms with van der Waals surface area (Å²) in [6, 6.07) is -0.539. The highest BCUT2D eigenvalue weighted by molar-refractivity contribution is 5.76. The van der Waals surface area contributed by atoms with Crippen LogP contribution in [0.2, 0.25) is 0 Å². The lowest BCUT2D eigenvalue weighted by Gasteiger charge is -2.22. The number of ether oxygens (including phenoxy) is 1. The Labute approximate surface area is 513 Å². The number of allylic oxidation sites excluding steroid dienone is 4. The molecule has 0 fully saturated rings. The predicted molar refractivity (Wildman–Crippen MR) is 361 cm³/mol. The minimum atomic E-state index is -0.663. The van der Waals surface area contributed by atoms with Crippen molar-refractivity contribution in [1.29, 1.82) is 0 Å². The van der Waals surface area contributed by atoms with E-state index in [1.807, 2.05) is 0 Å². The second kappa shape index (κ2) is 71.8. The molecule has 0 radical (unpaired) electrons.